The number of nitrogens with one attached hydrogen (secondary N) is 2. The Kier molecular flexibility index (Phi) is 11.6. The van der Waals surface area contributed by atoms with Crippen LogP contribution in [0.1, 0.15) is 103 Å². The van der Waals surface area contributed by atoms with Crippen molar-refractivity contribution in [3.63, 3.8) is 0 Å². The van der Waals surface area contributed by atoms with E-state index in [-0.39, 0.29) is 42.6 Å². The molecule has 0 bridgehead atoms. The van der Waals surface area contributed by atoms with Crippen LogP contribution in [0.2, 0.25) is 0 Å². The number of primary amides is 1. The lowest BCUT2D eigenvalue weighted by Crippen LogP contribution is -2.44. The first kappa shape index (κ1) is 36.8. The molecule has 0 spiro atoms. The van der Waals surface area contributed by atoms with Crippen molar-refractivity contribution < 1.29 is 19.5 Å². The number of aliphatic hydroxyl groups is 1. The lowest BCUT2D eigenvalue weighted by atomic mass is 9.80. The Morgan fingerprint density at radius 2 is 1.62 bits per heavy atom. The average molecular weight is 658 g/mol. The summed E-state index contributed by atoms with van der Waals surface area (Å²) in [5, 5.41) is 16.0. The maximum atomic E-state index is 13.8. The molecule has 5 N–H and O–H groups in total. The van der Waals surface area contributed by atoms with Gasteiger partial charge in [0.25, 0.3) is 0 Å². The molecule has 1 aliphatic carbocycles. The quantitative estimate of drug-likeness (QED) is 0.163. The highest BCUT2D eigenvalue weighted by Crippen LogP contribution is 2.55. The summed E-state index contributed by atoms with van der Waals surface area (Å²) in [6.07, 6.45) is 4.46. The van der Waals surface area contributed by atoms with Gasteiger partial charge in [0.1, 0.15) is 0 Å². The Balaban J connectivity index is 1.54. The van der Waals surface area contributed by atoms with Crippen LogP contribution in [0, 0.1) is 22.7 Å². The van der Waals surface area contributed by atoms with Gasteiger partial charge < -0.3 is 26.4 Å². The van der Waals surface area contributed by atoms with E-state index in [1.165, 1.54) is 6.42 Å². The second-order valence-corrected chi connectivity index (χ2v) is 15.5. The average Bonchev–Trinajstić information content (AvgIpc) is 3.82. The Morgan fingerprint density at radius 1 is 0.958 bits per heavy atom. The molecule has 3 amide bonds. The fourth-order valence-corrected chi connectivity index (χ4v) is 6.92. The van der Waals surface area contributed by atoms with Crippen molar-refractivity contribution >= 4 is 41.5 Å². The van der Waals surface area contributed by atoms with E-state index in [9.17, 15) is 19.5 Å². The molecule has 260 valence electrons. The minimum Gasteiger partial charge on any atom is -0.396 e. The normalized spacial score (nSPS) is 19.4. The molecule has 2 atom stereocenters. The largest absolute Gasteiger partial charge is 0.396 e. The lowest BCUT2D eigenvalue weighted by molar-refractivity contribution is -0.126. The number of hydrogen-bond acceptors (Lipinski definition) is 6. The molecule has 2 aromatic carbocycles. The van der Waals surface area contributed by atoms with E-state index in [2.05, 4.69) is 42.3 Å². The highest BCUT2D eigenvalue weighted by molar-refractivity contribution is 6.02. The highest BCUT2D eigenvalue weighted by atomic mass is 16.3. The number of aliphatic hydroxyl groups excluding tert-OH is 1. The zero-order valence-corrected chi connectivity index (χ0v) is 29.7. The SMILES string of the molecule is C=N/C1=C(\NCCC(C)(C)C2CC2CCC(C)(C)C(N)=O)c2ccccc2CN(C(=O)CCC(=O)NC(C)(C)CCO)c2ccccc21. The number of carbonyl (C=O) groups is 3. The van der Waals surface area contributed by atoms with Gasteiger partial charge in [-0.1, -0.05) is 70.2 Å². The van der Waals surface area contributed by atoms with Crippen LogP contribution in [-0.2, 0) is 20.9 Å². The molecule has 1 aliphatic heterocycles. The van der Waals surface area contributed by atoms with Crippen molar-refractivity contribution in [2.45, 2.75) is 98.6 Å². The first-order valence-electron chi connectivity index (χ1n) is 17.2. The summed E-state index contributed by atoms with van der Waals surface area (Å²) in [6.45, 7) is 17.2. The fourth-order valence-electron chi connectivity index (χ4n) is 6.92. The standard InChI is InChI=1S/C39H55N5O4/c1-37(2,30-24-26(30)18-19-38(3,4)36(40)48)20-22-42-35-28-13-9-8-12-27(28)25-44(31-15-11-10-14-29(31)34(35)41-7)33(47)17-16-32(46)43-39(5,6)21-23-45/h8-15,26,30,42,45H,7,16-25H2,1-6H3,(H2,40,48)(H,43,46)/b35-34-. The van der Waals surface area contributed by atoms with Gasteiger partial charge in [-0.25, -0.2) is 0 Å². The molecule has 0 radical (unpaired) electrons. The number of para-hydroxylation sites is 1. The van der Waals surface area contributed by atoms with Gasteiger partial charge in [0, 0.05) is 48.1 Å². The number of carbonyl (C=O) groups excluding carboxylic acids is 3. The van der Waals surface area contributed by atoms with E-state index in [1.54, 1.807) is 4.90 Å². The second-order valence-electron chi connectivity index (χ2n) is 15.5. The van der Waals surface area contributed by atoms with Crippen molar-refractivity contribution in [3.05, 3.63) is 65.2 Å². The third kappa shape index (κ3) is 8.92. The van der Waals surface area contributed by atoms with Gasteiger partial charge in [-0.2, -0.15) is 0 Å². The molecular weight excluding hydrogens is 602 g/mol. The Hall–Kier alpha value is -3.98. The number of nitrogens with two attached hydrogens (primary N) is 1. The summed E-state index contributed by atoms with van der Waals surface area (Å²) in [7, 11) is 0. The fraction of sp³-hybridized carbons (Fsp3) is 0.538. The molecule has 48 heavy (non-hydrogen) atoms. The Bertz CT molecular complexity index is 1540. The van der Waals surface area contributed by atoms with Crippen LogP contribution in [0.25, 0.3) is 11.4 Å². The zero-order valence-electron chi connectivity index (χ0n) is 29.7. The van der Waals surface area contributed by atoms with E-state index in [4.69, 9.17) is 5.73 Å². The van der Waals surface area contributed by atoms with Gasteiger partial charge in [0.2, 0.25) is 17.7 Å². The molecule has 1 saturated carbocycles. The number of anilines is 1. The highest BCUT2D eigenvalue weighted by Gasteiger charge is 2.47. The maximum Gasteiger partial charge on any atom is 0.227 e. The molecule has 2 aromatic rings. The molecule has 9 heteroatoms. The molecule has 2 aliphatic rings. The van der Waals surface area contributed by atoms with Gasteiger partial charge in [0.05, 0.1) is 23.6 Å². The van der Waals surface area contributed by atoms with Gasteiger partial charge in [-0.3, -0.25) is 19.4 Å². The molecule has 1 heterocycles. The van der Waals surface area contributed by atoms with Gasteiger partial charge >= 0.3 is 0 Å². The van der Waals surface area contributed by atoms with Crippen LogP contribution in [-0.4, -0.2) is 48.2 Å². The predicted molar refractivity (Wildman–Crippen MR) is 194 cm³/mol. The molecule has 4 rings (SSSR count). The van der Waals surface area contributed by atoms with Crippen molar-refractivity contribution in [2.75, 3.05) is 18.1 Å². The van der Waals surface area contributed by atoms with Gasteiger partial charge in [-0.15, -0.1) is 0 Å². The van der Waals surface area contributed by atoms with Crippen LogP contribution in [0.5, 0.6) is 0 Å². The molecular formula is C39H55N5O4. The Morgan fingerprint density at radius 3 is 2.29 bits per heavy atom. The maximum absolute atomic E-state index is 13.8. The number of fused-ring (bicyclic) bond motifs is 2. The third-order valence-corrected chi connectivity index (χ3v) is 10.3. The Labute approximate surface area is 286 Å². The van der Waals surface area contributed by atoms with Crippen molar-refractivity contribution in [3.8, 4) is 0 Å². The second kappa shape index (κ2) is 15.1. The summed E-state index contributed by atoms with van der Waals surface area (Å²) in [5.41, 5.74) is 9.70. The van der Waals surface area contributed by atoms with E-state index in [0.717, 1.165) is 53.9 Å². The minimum atomic E-state index is -0.557. The summed E-state index contributed by atoms with van der Waals surface area (Å²) in [5.74, 6) is 0.587. The van der Waals surface area contributed by atoms with Crippen molar-refractivity contribution in [1.29, 1.82) is 0 Å². The predicted octanol–water partition coefficient (Wildman–Crippen LogP) is 6.05. The van der Waals surface area contributed by atoms with E-state index in [1.807, 2.05) is 70.2 Å². The number of rotatable bonds is 16. The molecule has 0 aromatic heterocycles. The van der Waals surface area contributed by atoms with E-state index < -0.39 is 11.0 Å². The monoisotopic (exact) mass is 657 g/mol. The van der Waals surface area contributed by atoms with Gasteiger partial charge in [-0.05, 0) is 81.5 Å². The van der Waals surface area contributed by atoms with E-state index >= 15 is 0 Å². The lowest BCUT2D eigenvalue weighted by Gasteiger charge is -2.31. The van der Waals surface area contributed by atoms with Crippen LogP contribution in [0.3, 0.4) is 0 Å². The number of aliphatic imine (C=N–C) groups is 1. The van der Waals surface area contributed by atoms with Crippen LogP contribution in [0.15, 0.2) is 53.5 Å². The van der Waals surface area contributed by atoms with Crippen molar-refractivity contribution in [2.24, 2.45) is 33.4 Å². The zero-order chi connectivity index (χ0) is 35.3. The molecule has 2 unspecified atom stereocenters. The number of hydrogen-bond donors (Lipinski definition) is 4. The number of nitrogens with zero attached hydrogens (tertiary/aromatic N) is 2. The first-order valence-corrected chi connectivity index (χ1v) is 17.2. The molecule has 9 nitrogen and oxygen atoms in total. The summed E-state index contributed by atoms with van der Waals surface area (Å²) in [4.78, 5) is 44.7. The first-order chi connectivity index (χ1) is 22.6. The summed E-state index contributed by atoms with van der Waals surface area (Å²) >= 11 is 0. The third-order valence-electron chi connectivity index (χ3n) is 10.3. The van der Waals surface area contributed by atoms with E-state index in [0.29, 0.717) is 30.5 Å². The topological polar surface area (TPSA) is 137 Å². The van der Waals surface area contributed by atoms with Crippen LogP contribution < -0.4 is 21.3 Å². The summed E-state index contributed by atoms with van der Waals surface area (Å²) in [6, 6.07) is 15.8. The molecule has 0 saturated heterocycles. The minimum absolute atomic E-state index is 0.0305. The number of benzene rings is 2. The van der Waals surface area contributed by atoms with Gasteiger partial charge in [0.15, 0.2) is 0 Å². The molecule has 1 fully saturated rings. The van der Waals surface area contributed by atoms with Crippen molar-refractivity contribution in [1.82, 2.24) is 10.6 Å². The van der Waals surface area contributed by atoms with Crippen LogP contribution >= 0.6 is 0 Å². The smallest absolute Gasteiger partial charge is 0.227 e. The number of amides is 3. The van der Waals surface area contributed by atoms with Crippen LogP contribution in [0.4, 0.5) is 5.69 Å². The summed E-state index contributed by atoms with van der Waals surface area (Å²) < 4.78 is 0.